The first-order valence-electron chi connectivity index (χ1n) is 8.14. The van der Waals surface area contributed by atoms with E-state index in [1.165, 1.54) is 0 Å². The Hall–Kier alpha value is -2.94. The zero-order valence-electron chi connectivity index (χ0n) is 13.6. The first kappa shape index (κ1) is 15.9. The summed E-state index contributed by atoms with van der Waals surface area (Å²) in [4.78, 5) is 16.5. The fourth-order valence-corrected chi connectivity index (χ4v) is 2.71. The van der Waals surface area contributed by atoms with E-state index in [0.29, 0.717) is 5.56 Å². The molecular weight excluding hydrogens is 296 g/mol. The molecule has 1 aromatic heterocycles. The first-order chi connectivity index (χ1) is 11.8. The molecule has 1 N–H and O–H groups in total. The SMILES string of the molecule is CCC(NC(=O)c1ccc(-c2ccncc2)cc1)c1ccccc1. The first-order valence-corrected chi connectivity index (χ1v) is 8.14. The molecule has 3 nitrogen and oxygen atoms in total. The lowest BCUT2D eigenvalue weighted by Gasteiger charge is -2.17. The van der Waals surface area contributed by atoms with Gasteiger partial charge in [-0.05, 0) is 47.4 Å². The average Bonchev–Trinajstić information content (AvgIpc) is 2.67. The van der Waals surface area contributed by atoms with Crippen LogP contribution < -0.4 is 5.32 Å². The number of benzene rings is 2. The van der Waals surface area contributed by atoms with Gasteiger partial charge in [-0.25, -0.2) is 0 Å². The summed E-state index contributed by atoms with van der Waals surface area (Å²) in [5.74, 6) is -0.0491. The number of aromatic nitrogens is 1. The topological polar surface area (TPSA) is 42.0 Å². The van der Waals surface area contributed by atoms with Crippen molar-refractivity contribution in [2.45, 2.75) is 19.4 Å². The fourth-order valence-electron chi connectivity index (χ4n) is 2.71. The molecule has 0 bridgehead atoms. The standard InChI is InChI=1S/C21H20N2O/c1-2-20(18-6-4-3-5-7-18)23-21(24)19-10-8-16(9-11-19)17-12-14-22-15-13-17/h3-15,20H,2H2,1H3,(H,23,24). The molecule has 0 fully saturated rings. The van der Waals surface area contributed by atoms with E-state index < -0.39 is 0 Å². The number of hydrogen-bond donors (Lipinski definition) is 1. The third kappa shape index (κ3) is 3.69. The Balaban J connectivity index is 1.73. The Bertz CT molecular complexity index is 783. The van der Waals surface area contributed by atoms with Crippen LogP contribution in [-0.2, 0) is 0 Å². The summed E-state index contributed by atoms with van der Waals surface area (Å²) in [6.07, 6.45) is 4.38. The van der Waals surface area contributed by atoms with E-state index in [4.69, 9.17) is 0 Å². The number of rotatable bonds is 5. The van der Waals surface area contributed by atoms with E-state index in [2.05, 4.69) is 17.2 Å². The van der Waals surface area contributed by atoms with Crippen molar-refractivity contribution in [3.63, 3.8) is 0 Å². The molecule has 0 radical (unpaired) electrons. The van der Waals surface area contributed by atoms with Crippen LogP contribution in [0.3, 0.4) is 0 Å². The predicted octanol–water partition coefficient (Wildman–Crippen LogP) is 4.63. The molecule has 1 atom stereocenters. The van der Waals surface area contributed by atoms with E-state index in [9.17, 15) is 4.79 Å². The minimum absolute atomic E-state index is 0.0265. The zero-order chi connectivity index (χ0) is 16.8. The average molecular weight is 316 g/mol. The van der Waals surface area contributed by atoms with E-state index in [1.54, 1.807) is 12.4 Å². The van der Waals surface area contributed by atoms with Crippen molar-refractivity contribution in [2.75, 3.05) is 0 Å². The van der Waals surface area contributed by atoms with Crippen molar-refractivity contribution >= 4 is 5.91 Å². The highest BCUT2D eigenvalue weighted by Crippen LogP contribution is 2.20. The molecule has 3 aromatic rings. The van der Waals surface area contributed by atoms with Gasteiger partial charge in [0.2, 0.25) is 0 Å². The lowest BCUT2D eigenvalue weighted by molar-refractivity contribution is 0.0935. The Kier molecular flexibility index (Phi) is 5.02. The molecule has 0 aliphatic heterocycles. The minimum Gasteiger partial charge on any atom is -0.345 e. The Morgan fingerprint density at radius 2 is 1.54 bits per heavy atom. The molecule has 2 aromatic carbocycles. The highest BCUT2D eigenvalue weighted by Gasteiger charge is 2.13. The minimum atomic E-state index is -0.0491. The summed E-state index contributed by atoms with van der Waals surface area (Å²) in [5, 5.41) is 3.11. The molecule has 1 unspecified atom stereocenters. The smallest absolute Gasteiger partial charge is 0.251 e. The molecule has 1 amide bonds. The molecular formula is C21H20N2O. The Morgan fingerprint density at radius 1 is 0.917 bits per heavy atom. The number of amides is 1. The molecule has 120 valence electrons. The van der Waals surface area contributed by atoms with E-state index in [1.807, 2.05) is 66.7 Å². The van der Waals surface area contributed by atoms with Gasteiger partial charge in [0.25, 0.3) is 5.91 Å². The van der Waals surface area contributed by atoms with Crippen LogP contribution in [0, 0.1) is 0 Å². The quantitative estimate of drug-likeness (QED) is 0.745. The lowest BCUT2D eigenvalue weighted by Crippen LogP contribution is -2.28. The second-order valence-corrected chi connectivity index (χ2v) is 5.66. The maximum atomic E-state index is 12.5. The second kappa shape index (κ2) is 7.55. The molecule has 0 spiro atoms. The Labute approximate surface area is 142 Å². The van der Waals surface area contributed by atoms with Gasteiger partial charge in [-0.15, -0.1) is 0 Å². The number of carbonyl (C=O) groups excluding carboxylic acids is 1. The van der Waals surface area contributed by atoms with Crippen LogP contribution in [0.2, 0.25) is 0 Å². The van der Waals surface area contributed by atoms with Gasteiger partial charge in [-0.2, -0.15) is 0 Å². The normalized spacial score (nSPS) is 11.7. The van der Waals surface area contributed by atoms with Crippen LogP contribution >= 0.6 is 0 Å². The van der Waals surface area contributed by atoms with Gasteiger partial charge in [0.15, 0.2) is 0 Å². The van der Waals surface area contributed by atoms with Crippen molar-refractivity contribution < 1.29 is 4.79 Å². The second-order valence-electron chi connectivity index (χ2n) is 5.66. The molecule has 24 heavy (non-hydrogen) atoms. The maximum Gasteiger partial charge on any atom is 0.251 e. The van der Waals surface area contributed by atoms with Gasteiger partial charge in [0.1, 0.15) is 0 Å². The number of pyridine rings is 1. The van der Waals surface area contributed by atoms with Crippen molar-refractivity contribution in [1.29, 1.82) is 0 Å². The summed E-state index contributed by atoms with van der Waals surface area (Å²) in [5.41, 5.74) is 3.96. The van der Waals surface area contributed by atoms with Gasteiger partial charge in [0, 0.05) is 18.0 Å². The Morgan fingerprint density at radius 3 is 2.17 bits per heavy atom. The summed E-state index contributed by atoms with van der Waals surface area (Å²) >= 11 is 0. The molecule has 0 saturated heterocycles. The number of hydrogen-bond acceptors (Lipinski definition) is 2. The largest absolute Gasteiger partial charge is 0.345 e. The third-order valence-corrected chi connectivity index (χ3v) is 4.08. The van der Waals surface area contributed by atoms with Crippen LogP contribution in [0.5, 0.6) is 0 Å². The third-order valence-electron chi connectivity index (χ3n) is 4.08. The van der Waals surface area contributed by atoms with Crippen molar-refractivity contribution in [3.05, 3.63) is 90.3 Å². The monoisotopic (exact) mass is 316 g/mol. The highest BCUT2D eigenvalue weighted by atomic mass is 16.1. The highest BCUT2D eigenvalue weighted by molar-refractivity contribution is 5.95. The predicted molar refractivity (Wildman–Crippen MR) is 96.6 cm³/mol. The molecule has 3 rings (SSSR count). The maximum absolute atomic E-state index is 12.5. The molecule has 0 aliphatic carbocycles. The fraction of sp³-hybridized carbons (Fsp3) is 0.143. The van der Waals surface area contributed by atoms with Gasteiger partial charge < -0.3 is 5.32 Å². The van der Waals surface area contributed by atoms with Crippen molar-refractivity contribution in [2.24, 2.45) is 0 Å². The van der Waals surface area contributed by atoms with Crippen LogP contribution in [0.25, 0.3) is 11.1 Å². The van der Waals surface area contributed by atoms with E-state index in [0.717, 1.165) is 23.1 Å². The molecule has 0 aliphatic rings. The number of nitrogens with zero attached hydrogens (tertiary/aromatic N) is 1. The summed E-state index contributed by atoms with van der Waals surface area (Å²) in [7, 11) is 0. The number of carbonyl (C=O) groups is 1. The molecule has 0 saturated carbocycles. The lowest BCUT2D eigenvalue weighted by atomic mass is 10.0. The number of nitrogens with one attached hydrogen (secondary N) is 1. The zero-order valence-corrected chi connectivity index (χ0v) is 13.6. The van der Waals surface area contributed by atoms with Crippen molar-refractivity contribution in [3.8, 4) is 11.1 Å². The van der Waals surface area contributed by atoms with E-state index >= 15 is 0 Å². The van der Waals surface area contributed by atoms with Gasteiger partial charge in [0.05, 0.1) is 6.04 Å². The summed E-state index contributed by atoms with van der Waals surface area (Å²) in [6.45, 7) is 2.07. The van der Waals surface area contributed by atoms with E-state index in [-0.39, 0.29) is 11.9 Å². The van der Waals surface area contributed by atoms with Crippen LogP contribution in [0.4, 0.5) is 0 Å². The van der Waals surface area contributed by atoms with Crippen molar-refractivity contribution in [1.82, 2.24) is 10.3 Å². The molecule has 3 heteroatoms. The summed E-state index contributed by atoms with van der Waals surface area (Å²) < 4.78 is 0. The van der Waals surface area contributed by atoms with Gasteiger partial charge in [-0.1, -0.05) is 49.4 Å². The molecule has 1 heterocycles. The van der Waals surface area contributed by atoms with Crippen LogP contribution in [-0.4, -0.2) is 10.9 Å². The van der Waals surface area contributed by atoms with Gasteiger partial charge in [-0.3, -0.25) is 9.78 Å². The summed E-state index contributed by atoms with van der Waals surface area (Å²) in [6, 6.07) is 21.7. The van der Waals surface area contributed by atoms with Crippen LogP contribution in [0.15, 0.2) is 79.1 Å². The van der Waals surface area contributed by atoms with Crippen LogP contribution in [0.1, 0.15) is 35.3 Å². The van der Waals surface area contributed by atoms with Gasteiger partial charge >= 0.3 is 0 Å².